The molecule has 0 bridgehead atoms. The molecule has 1 aliphatic rings. The van der Waals surface area contributed by atoms with Crippen molar-refractivity contribution in [2.75, 3.05) is 13.2 Å². The summed E-state index contributed by atoms with van der Waals surface area (Å²) < 4.78 is 12.1. The van der Waals surface area contributed by atoms with Gasteiger partial charge in [-0.1, -0.05) is 0 Å². The van der Waals surface area contributed by atoms with Gasteiger partial charge in [0.1, 0.15) is 18.8 Å². The van der Waals surface area contributed by atoms with E-state index in [1.165, 1.54) is 0 Å². The van der Waals surface area contributed by atoms with Crippen LogP contribution in [0, 0.1) is 0 Å². The smallest absolute Gasteiger partial charge is 0.251 e. The number of ether oxygens (including phenoxy) is 1. The van der Waals surface area contributed by atoms with Crippen LogP contribution in [0.4, 0.5) is 0 Å². The SMILES string of the molecule is [2H]N(C(=O)CO)C1(O)C[C@@H](O)[C@H](O)[C@@H](CO)O1. The lowest BCUT2D eigenvalue weighted by atomic mass is 9.99. The third-order valence-corrected chi connectivity index (χ3v) is 2.20. The zero-order chi connectivity index (χ0) is 13.2. The molecule has 0 aromatic heterocycles. The maximum atomic E-state index is 11.0. The molecule has 6 N–H and O–H groups in total. The maximum Gasteiger partial charge on any atom is 0.251 e. The highest BCUT2D eigenvalue weighted by Crippen LogP contribution is 2.25. The summed E-state index contributed by atoms with van der Waals surface area (Å²) >= 11 is 0. The lowest BCUT2D eigenvalue weighted by molar-refractivity contribution is -0.315. The van der Waals surface area contributed by atoms with E-state index >= 15 is 0 Å². The molecule has 1 heterocycles. The van der Waals surface area contributed by atoms with Crippen molar-refractivity contribution in [3.63, 3.8) is 0 Å². The van der Waals surface area contributed by atoms with E-state index in [2.05, 4.69) is 0 Å². The van der Waals surface area contributed by atoms with Crippen LogP contribution in [0.3, 0.4) is 0 Å². The monoisotopic (exact) mass is 238 g/mol. The number of carbonyl (C=O) groups is 1. The Morgan fingerprint density at radius 1 is 1.56 bits per heavy atom. The Bertz CT molecular complexity index is 291. The molecule has 1 saturated heterocycles. The molecule has 16 heavy (non-hydrogen) atoms. The van der Waals surface area contributed by atoms with Crippen molar-refractivity contribution in [1.82, 2.24) is 5.31 Å². The second kappa shape index (κ2) is 5.04. The molecule has 8 heteroatoms. The van der Waals surface area contributed by atoms with Gasteiger partial charge in [0.15, 0.2) is 1.41 Å². The van der Waals surface area contributed by atoms with Crippen molar-refractivity contribution < 1.29 is 36.5 Å². The zero-order valence-corrected chi connectivity index (χ0v) is 8.35. The van der Waals surface area contributed by atoms with Crippen molar-refractivity contribution in [3.05, 3.63) is 0 Å². The van der Waals surface area contributed by atoms with E-state index in [4.69, 9.17) is 16.4 Å². The van der Waals surface area contributed by atoms with E-state index in [0.29, 0.717) is 0 Å². The number of nitrogens with one attached hydrogen (secondary N) is 1. The normalized spacial score (nSPS) is 40.3. The number of rotatable bonds is 3. The van der Waals surface area contributed by atoms with Crippen molar-refractivity contribution in [3.8, 4) is 0 Å². The zero-order valence-electron chi connectivity index (χ0n) is 9.35. The molecule has 8 nitrogen and oxygen atoms in total. The van der Waals surface area contributed by atoms with Crippen molar-refractivity contribution in [2.45, 2.75) is 30.6 Å². The van der Waals surface area contributed by atoms with E-state index < -0.39 is 49.8 Å². The summed E-state index contributed by atoms with van der Waals surface area (Å²) in [7, 11) is 0. The van der Waals surface area contributed by atoms with Crippen LogP contribution in [-0.4, -0.2) is 68.9 Å². The number of hydrogen-bond acceptors (Lipinski definition) is 7. The largest absolute Gasteiger partial charge is 0.394 e. The first-order valence-corrected chi connectivity index (χ1v) is 4.65. The molecule has 0 aromatic rings. The molecule has 0 saturated carbocycles. The Labute approximate surface area is 92.5 Å². The molecule has 1 fully saturated rings. The van der Waals surface area contributed by atoms with Crippen molar-refractivity contribution >= 4 is 5.91 Å². The maximum absolute atomic E-state index is 11.0. The summed E-state index contributed by atoms with van der Waals surface area (Å²) in [5, 5.41) is 46.0. The quantitative estimate of drug-likeness (QED) is 0.277. The van der Waals surface area contributed by atoms with Crippen LogP contribution in [0.15, 0.2) is 0 Å². The Balaban J connectivity index is 2.86. The van der Waals surface area contributed by atoms with Gasteiger partial charge in [-0.15, -0.1) is 0 Å². The van der Waals surface area contributed by atoms with E-state index in [9.17, 15) is 20.1 Å². The van der Waals surface area contributed by atoms with Crippen LogP contribution >= 0.6 is 0 Å². The van der Waals surface area contributed by atoms with Gasteiger partial charge < -0.3 is 35.6 Å². The highest BCUT2D eigenvalue weighted by molar-refractivity contribution is 5.77. The Hall–Kier alpha value is -0.770. The van der Waals surface area contributed by atoms with Crippen LogP contribution in [0.1, 0.15) is 6.42 Å². The highest BCUT2D eigenvalue weighted by atomic mass is 16.7. The molecular formula is C8H15NO7. The molecule has 1 rings (SSSR count). The van der Waals surface area contributed by atoms with Crippen LogP contribution in [-0.2, 0) is 9.53 Å². The van der Waals surface area contributed by atoms with Gasteiger partial charge >= 0.3 is 0 Å². The van der Waals surface area contributed by atoms with Gasteiger partial charge in [0.25, 0.3) is 5.91 Å². The van der Waals surface area contributed by atoms with Gasteiger partial charge in [-0.25, -0.2) is 0 Å². The summed E-state index contributed by atoms with van der Waals surface area (Å²) in [6, 6.07) is 0. The van der Waals surface area contributed by atoms with Gasteiger partial charge in [0.2, 0.25) is 5.91 Å². The van der Waals surface area contributed by atoms with E-state index in [1.54, 1.807) is 0 Å². The van der Waals surface area contributed by atoms with Crippen LogP contribution in [0.5, 0.6) is 0 Å². The number of carbonyl (C=O) groups excluding carboxylic acids is 1. The standard InChI is InChI=1S/C8H15NO7/c10-2-5-7(14)4(12)1-8(15,16-5)9-6(13)3-11/h4-5,7,10-12,14-15H,1-3H2,(H,9,13)/t4-,5-,7+,8?/m1/s1/i/hD. The van der Waals surface area contributed by atoms with Crippen LogP contribution < -0.4 is 5.31 Å². The molecular weight excluding hydrogens is 222 g/mol. The molecule has 1 aliphatic heterocycles. The highest BCUT2D eigenvalue weighted by Gasteiger charge is 2.45. The molecule has 1 amide bonds. The van der Waals surface area contributed by atoms with Crippen LogP contribution in [0.2, 0.25) is 1.41 Å². The third kappa shape index (κ3) is 2.88. The average Bonchev–Trinajstić information content (AvgIpc) is 2.31. The number of amides is 1. The summed E-state index contributed by atoms with van der Waals surface area (Å²) in [6.07, 6.45) is -4.86. The van der Waals surface area contributed by atoms with Gasteiger partial charge in [0, 0.05) is 0 Å². The van der Waals surface area contributed by atoms with E-state index in [-0.39, 0.29) is 5.31 Å². The van der Waals surface area contributed by atoms with E-state index in [1.807, 2.05) is 0 Å². The molecule has 0 aliphatic carbocycles. The lowest BCUT2D eigenvalue weighted by Gasteiger charge is -2.41. The van der Waals surface area contributed by atoms with E-state index in [0.717, 1.165) is 0 Å². The Morgan fingerprint density at radius 3 is 2.69 bits per heavy atom. The average molecular weight is 238 g/mol. The second-order valence-electron chi connectivity index (χ2n) is 3.51. The van der Waals surface area contributed by atoms with Gasteiger partial charge in [-0.05, 0) is 0 Å². The minimum absolute atomic E-state index is 0.0369. The van der Waals surface area contributed by atoms with Gasteiger partial charge in [-0.2, -0.15) is 0 Å². The summed E-state index contributed by atoms with van der Waals surface area (Å²) in [6.45, 7) is -1.72. The summed E-state index contributed by atoms with van der Waals surface area (Å²) in [4.78, 5) is 11.0. The first kappa shape index (κ1) is 11.7. The predicted octanol–water partition coefficient (Wildman–Crippen LogP) is -3.76. The molecule has 0 radical (unpaired) electrons. The Kier molecular flexibility index (Phi) is 3.69. The third-order valence-electron chi connectivity index (χ3n) is 2.20. The van der Waals surface area contributed by atoms with Crippen molar-refractivity contribution in [2.24, 2.45) is 0 Å². The topological polar surface area (TPSA) is 139 Å². The van der Waals surface area contributed by atoms with Crippen LogP contribution in [0.25, 0.3) is 0 Å². The molecule has 94 valence electrons. The Morgan fingerprint density at radius 2 is 2.19 bits per heavy atom. The van der Waals surface area contributed by atoms with Gasteiger partial charge in [0.05, 0.1) is 19.1 Å². The van der Waals surface area contributed by atoms with Gasteiger partial charge in [-0.3, -0.25) is 4.79 Å². The molecule has 0 aromatic carbocycles. The molecule has 0 spiro atoms. The molecule has 4 atom stereocenters. The fraction of sp³-hybridized carbons (Fsp3) is 0.875. The van der Waals surface area contributed by atoms with Crippen molar-refractivity contribution in [1.29, 1.82) is 0 Å². The first-order chi connectivity index (χ1) is 7.85. The fourth-order valence-electron chi connectivity index (χ4n) is 1.45. The summed E-state index contributed by atoms with van der Waals surface area (Å²) in [5.41, 5.74) is 0. The fourth-order valence-corrected chi connectivity index (χ4v) is 1.45. The minimum atomic E-state index is -2.49. The summed E-state index contributed by atoms with van der Waals surface area (Å²) in [5.74, 6) is -3.64. The lowest BCUT2D eigenvalue weighted by Crippen LogP contribution is -2.63. The number of aliphatic hydroxyl groups excluding tert-OH is 4. The number of hydrogen-bond donors (Lipinski definition) is 6. The molecule has 1 unspecified atom stereocenters. The minimum Gasteiger partial charge on any atom is -0.394 e. The second-order valence-corrected chi connectivity index (χ2v) is 3.51. The number of aliphatic hydroxyl groups is 5. The predicted molar refractivity (Wildman–Crippen MR) is 48.8 cm³/mol. The first-order valence-electron chi connectivity index (χ1n) is 5.10.